The van der Waals surface area contributed by atoms with Gasteiger partial charge in [-0.3, -0.25) is 9.58 Å². The Morgan fingerprint density at radius 2 is 2.16 bits per heavy atom. The van der Waals surface area contributed by atoms with Gasteiger partial charge in [-0.15, -0.1) is 0 Å². The predicted molar refractivity (Wildman–Crippen MR) is 69.4 cm³/mol. The third kappa shape index (κ3) is 2.52. The normalized spacial score (nSPS) is 18.6. The Bertz CT molecular complexity index is 542. The molecule has 1 unspecified atom stereocenters. The smallest absolute Gasteiger partial charge is 0.244 e. The van der Waals surface area contributed by atoms with E-state index in [1.54, 1.807) is 10.9 Å². The zero-order valence-corrected chi connectivity index (χ0v) is 11.2. The molecule has 0 spiro atoms. The van der Waals surface area contributed by atoms with Gasteiger partial charge in [0.25, 0.3) is 0 Å². The van der Waals surface area contributed by atoms with E-state index in [2.05, 4.69) is 32.4 Å². The molecule has 0 aromatic carbocycles. The highest BCUT2D eigenvalue weighted by atomic mass is 16.5. The second kappa shape index (κ2) is 5.10. The monoisotopic (exact) mass is 262 g/mol. The first-order chi connectivity index (χ1) is 9.24. The number of hydrogen-bond acceptors (Lipinski definition) is 6. The molecule has 1 aliphatic heterocycles. The molecule has 0 saturated carbocycles. The molecular weight excluding hydrogens is 244 g/mol. The van der Waals surface area contributed by atoms with Crippen LogP contribution in [-0.4, -0.2) is 51.0 Å². The fourth-order valence-corrected chi connectivity index (χ4v) is 2.28. The Morgan fingerprint density at radius 1 is 1.37 bits per heavy atom. The molecule has 1 aliphatic rings. The van der Waals surface area contributed by atoms with Crippen molar-refractivity contribution < 1.29 is 4.52 Å². The Labute approximate surface area is 111 Å². The number of nitrogens with zero attached hydrogens (tertiary/aromatic N) is 5. The van der Waals surface area contributed by atoms with Crippen LogP contribution in [0.2, 0.25) is 0 Å². The van der Waals surface area contributed by atoms with Crippen molar-refractivity contribution in [1.82, 2.24) is 30.1 Å². The molecule has 3 heterocycles. The van der Waals surface area contributed by atoms with Gasteiger partial charge in [-0.05, 0) is 6.92 Å². The van der Waals surface area contributed by atoms with Gasteiger partial charge in [0.15, 0.2) is 0 Å². The van der Waals surface area contributed by atoms with Gasteiger partial charge < -0.3 is 9.84 Å². The topological polar surface area (TPSA) is 72.0 Å². The quantitative estimate of drug-likeness (QED) is 0.865. The third-order valence-corrected chi connectivity index (χ3v) is 3.46. The number of aromatic nitrogens is 4. The highest BCUT2D eigenvalue weighted by Gasteiger charge is 2.23. The fraction of sp³-hybridized carbons (Fsp3) is 0.583. The maximum Gasteiger partial charge on any atom is 0.244 e. The molecule has 7 heteroatoms. The number of hydrogen-bond donors (Lipinski definition) is 1. The number of nitrogens with one attached hydrogen (secondary N) is 1. The van der Waals surface area contributed by atoms with Crippen molar-refractivity contribution in [3.05, 3.63) is 18.3 Å². The van der Waals surface area contributed by atoms with Crippen LogP contribution in [0.15, 0.2) is 16.9 Å². The van der Waals surface area contributed by atoms with E-state index in [9.17, 15) is 0 Å². The van der Waals surface area contributed by atoms with Gasteiger partial charge in [-0.2, -0.15) is 10.1 Å². The average molecular weight is 262 g/mol. The molecule has 102 valence electrons. The third-order valence-electron chi connectivity index (χ3n) is 3.46. The number of aryl methyl sites for hydroxylation is 1. The molecule has 0 bridgehead atoms. The van der Waals surface area contributed by atoms with Crippen LogP contribution in [0, 0.1) is 0 Å². The zero-order valence-electron chi connectivity index (χ0n) is 11.2. The highest BCUT2D eigenvalue weighted by molar-refractivity contribution is 5.51. The van der Waals surface area contributed by atoms with E-state index in [1.165, 1.54) is 0 Å². The molecule has 19 heavy (non-hydrogen) atoms. The first-order valence-electron chi connectivity index (χ1n) is 6.51. The average Bonchev–Trinajstić information content (AvgIpc) is 3.07. The van der Waals surface area contributed by atoms with Crippen LogP contribution in [0.5, 0.6) is 0 Å². The van der Waals surface area contributed by atoms with Gasteiger partial charge in [0.05, 0.1) is 17.8 Å². The van der Waals surface area contributed by atoms with Crippen LogP contribution in [0.3, 0.4) is 0 Å². The van der Waals surface area contributed by atoms with Gasteiger partial charge in [0.1, 0.15) is 0 Å². The van der Waals surface area contributed by atoms with Crippen molar-refractivity contribution in [2.24, 2.45) is 7.05 Å². The summed E-state index contributed by atoms with van der Waals surface area (Å²) in [5.74, 6) is 1.27. The van der Waals surface area contributed by atoms with Gasteiger partial charge in [0.2, 0.25) is 11.7 Å². The van der Waals surface area contributed by atoms with Crippen molar-refractivity contribution in [3.63, 3.8) is 0 Å². The van der Waals surface area contributed by atoms with Crippen LogP contribution in [0.25, 0.3) is 11.4 Å². The largest absolute Gasteiger partial charge is 0.337 e. The summed E-state index contributed by atoms with van der Waals surface area (Å²) in [4.78, 5) is 6.82. The Balaban J connectivity index is 1.76. The fourth-order valence-electron chi connectivity index (χ4n) is 2.28. The molecule has 1 fully saturated rings. The van der Waals surface area contributed by atoms with Crippen LogP contribution in [-0.2, 0) is 7.05 Å². The minimum atomic E-state index is 0.153. The Morgan fingerprint density at radius 3 is 2.84 bits per heavy atom. The standard InChI is InChI=1S/C12H18N6O/c1-9(18-5-3-13-4-6-18)12-15-11(16-19-12)10-7-14-17(2)8-10/h7-9,13H,3-6H2,1-2H3. The SMILES string of the molecule is CC(c1nc(-c2cnn(C)c2)no1)N1CCNCC1. The van der Waals surface area contributed by atoms with E-state index >= 15 is 0 Å². The summed E-state index contributed by atoms with van der Waals surface area (Å²) in [7, 11) is 1.87. The van der Waals surface area contributed by atoms with Gasteiger partial charge in [-0.25, -0.2) is 0 Å². The molecule has 3 rings (SSSR count). The summed E-state index contributed by atoms with van der Waals surface area (Å²) in [6.07, 6.45) is 3.62. The van der Waals surface area contributed by atoms with Crippen molar-refractivity contribution >= 4 is 0 Å². The van der Waals surface area contributed by atoms with Crippen molar-refractivity contribution in [3.8, 4) is 11.4 Å². The molecule has 1 atom stereocenters. The highest BCUT2D eigenvalue weighted by Crippen LogP contribution is 2.22. The first-order valence-corrected chi connectivity index (χ1v) is 6.51. The lowest BCUT2D eigenvalue weighted by Crippen LogP contribution is -2.44. The van der Waals surface area contributed by atoms with E-state index < -0.39 is 0 Å². The lowest BCUT2D eigenvalue weighted by molar-refractivity contribution is 0.154. The summed E-state index contributed by atoms with van der Waals surface area (Å²) in [5.41, 5.74) is 0.880. The van der Waals surface area contributed by atoms with Gasteiger partial charge >= 0.3 is 0 Å². The zero-order chi connectivity index (χ0) is 13.2. The molecule has 1 saturated heterocycles. The Hall–Kier alpha value is -1.73. The minimum Gasteiger partial charge on any atom is -0.337 e. The van der Waals surface area contributed by atoms with E-state index in [0.29, 0.717) is 11.7 Å². The van der Waals surface area contributed by atoms with E-state index in [4.69, 9.17) is 4.52 Å². The number of rotatable bonds is 3. The van der Waals surface area contributed by atoms with Crippen LogP contribution < -0.4 is 5.32 Å². The molecule has 0 aliphatic carbocycles. The maximum atomic E-state index is 5.38. The number of piperazine rings is 1. The molecular formula is C12H18N6O. The summed E-state index contributed by atoms with van der Waals surface area (Å²) in [5, 5.41) is 11.5. The summed E-state index contributed by atoms with van der Waals surface area (Å²) >= 11 is 0. The molecule has 2 aromatic heterocycles. The molecule has 0 amide bonds. The van der Waals surface area contributed by atoms with Gasteiger partial charge in [-0.1, -0.05) is 5.16 Å². The minimum absolute atomic E-state index is 0.153. The molecule has 0 radical (unpaired) electrons. The van der Waals surface area contributed by atoms with Crippen LogP contribution in [0.1, 0.15) is 18.9 Å². The predicted octanol–water partition coefficient (Wildman–Crippen LogP) is 0.436. The summed E-state index contributed by atoms with van der Waals surface area (Å²) in [6, 6.07) is 0.153. The van der Waals surface area contributed by atoms with Crippen LogP contribution in [0.4, 0.5) is 0 Å². The molecule has 2 aromatic rings. The van der Waals surface area contributed by atoms with E-state index in [0.717, 1.165) is 31.7 Å². The lowest BCUT2D eigenvalue weighted by Gasteiger charge is -2.30. The van der Waals surface area contributed by atoms with Gasteiger partial charge in [0, 0.05) is 39.4 Å². The molecule has 1 N–H and O–H groups in total. The van der Waals surface area contributed by atoms with E-state index in [1.807, 2.05) is 13.2 Å². The summed E-state index contributed by atoms with van der Waals surface area (Å²) < 4.78 is 7.11. The van der Waals surface area contributed by atoms with Crippen molar-refractivity contribution in [1.29, 1.82) is 0 Å². The van der Waals surface area contributed by atoms with Crippen LogP contribution >= 0.6 is 0 Å². The molecule has 7 nitrogen and oxygen atoms in total. The maximum absolute atomic E-state index is 5.38. The first kappa shape index (κ1) is 12.3. The van der Waals surface area contributed by atoms with Crippen molar-refractivity contribution in [2.45, 2.75) is 13.0 Å². The van der Waals surface area contributed by atoms with Crippen molar-refractivity contribution in [2.75, 3.05) is 26.2 Å². The van der Waals surface area contributed by atoms with E-state index in [-0.39, 0.29) is 6.04 Å². The second-order valence-corrected chi connectivity index (χ2v) is 4.82. The lowest BCUT2D eigenvalue weighted by atomic mass is 10.2. The summed E-state index contributed by atoms with van der Waals surface area (Å²) in [6.45, 7) is 6.13. The second-order valence-electron chi connectivity index (χ2n) is 4.82. The Kier molecular flexibility index (Phi) is 3.31.